The number of hydrogen-bond donors (Lipinski definition) is 1. The maximum Gasteiger partial charge on any atom is 0.255 e. The van der Waals surface area contributed by atoms with Gasteiger partial charge >= 0.3 is 0 Å². The van der Waals surface area contributed by atoms with Gasteiger partial charge in [-0.1, -0.05) is 30.3 Å². The second-order valence-corrected chi connectivity index (χ2v) is 9.50. The minimum Gasteiger partial charge on any atom is -0.493 e. The lowest BCUT2D eigenvalue weighted by atomic mass is 10.0. The minimum absolute atomic E-state index is 0.0342. The number of benzene rings is 3. The molecule has 1 aliphatic rings. The molecule has 3 aromatic rings. The highest BCUT2D eigenvalue weighted by atomic mass is 19.1. The van der Waals surface area contributed by atoms with Gasteiger partial charge in [0.15, 0.2) is 11.5 Å². The third kappa shape index (κ3) is 7.69. The van der Waals surface area contributed by atoms with E-state index in [4.69, 9.17) is 14.2 Å². The molecule has 4 rings (SSSR count). The molecular weight excluding hydrogens is 521 g/mol. The van der Waals surface area contributed by atoms with E-state index in [1.807, 2.05) is 19.1 Å². The van der Waals surface area contributed by atoms with E-state index in [9.17, 15) is 18.0 Å². The molecule has 0 spiro atoms. The van der Waals surface area contributed by atoms with Crippen LogP contribution in [-0.4, -0.2) is 63.1 Å². The van der Waals surface area contributed by atoms with E-state index in [0.717, 1.165) is 54.9 Å². The summed E-state index contributed by atoms with van der Waals surface area (Å²) in [5.74, 6) is 0.482. The molecule has 40 heavy (non-hydrogen) atoms. The van der Waals surface area contributed by atoms with Crippen LogP contribution >= 0.6 is 0 Å². The van der Waals surface area contributed by atoms with Gasteiger partial charge in [0, 0.05) is 31.2 Å². The Bertz CT molecular complexity index is 1250. The summed E-state index contributed by atoms with van der Waals surface area (Å²) < 4.78 is 55.5. The molecule has 1 fully saturated rings. The quantitative estimate of drug-likeness (QED) is 0.281. The van der Waals surface area contributed by atoms with E-state index in [1.165, 1.54) is 12.1 Å². The molecule has 1 heterocycles. The van der Waals surface area contributed by atoms with E-state index in [2.05, 4.69) is 16.3 Å². The van der Waals surface area contributed by atoms with E-state index >= 15 is 0 Å². The normalized spacial score (nSPS) is 14.1. The molecule has 0 atom stereocenters. The topological polar surface area (TPSA) is 60.0 Å². The number of nitrogens with one attached hydrogen (secondary N) is 1. The number of alkyl halides is 2. The van der Waals surface area contributed by atoms with Gasteiger partial charge in [-0.3, -0.25) is 9.69 Å². The van der Waals surface area contributed by atoms with Crippen LogP contribution in [0.2, 0.25) is 0 Å². The number of carbonyl (C=O) groups is 1. The summed E-state index contributed by atoms with van der Waals surface area (Å²) in [5.41, 5.74) is 3.15. The molecule has 6 nitrogen and oxygen atoms in total. The maximum atomic E-state index is 13.4. The first-order chi connectivity index (χ1) is 19.5. The van der Waals surface area contributed by atoms with Crippen LogP contribution in [0.15, 0.2) is 60.7 Å². The zero-order chi connectivity index (χ0) is 28.3. The summed E-state index contributed by atoms with van der Waals surface area (Å²) >= 11 is 0. The van der Waals surface area contributed by atoms with Crippen LogP contribution in [0.25, 0.3) is 11.1 Å². The first-order valence-corrected chi connectivity index (χ1v) is 13.6. The van der Waals surface area contributed by atoms with Crippen LogP contribution in [0.4, 0.5) is 13.2 Å². The zero-order valence-electron chi connectivity index (χ0n) is 22.6. The molecule has 0 bridgehead atoms. The molecule has 1 aliphatic heterocycles. The van der Waals surface area contributed by atoms with Crippen LogP contribution in [0.5, 0.6) is 17.2 Å². The van der Waals surface area contributed by atoms with Crippen molar-refractivity contribution in [1.29, 1.82) is 0 Å². The van der Waals surface area contributed by atoms with Crippen LogP contribution in [0, 0.1) is 5.82 Å². The highest BCUT2D eigenvalue weighted by Crippen LogP contribution is 2.33. The summed E-state index contributed by atoms with van der Waals surface area (Å²) in [7, 11) is 0. The van der Waals surface area contributed by atoms with Crippen molar-refractivity contribution in [3.05, 3.63) is 77.6 Å². The minimum atomic E-state index is -0.724. The van der Waals surface area contributed by atoms with Gasteiger partial charge < -0.3 is 19.5 Å². The van der Waals surface area contributed by atoms with Crippen molar-refractivity contribution in [1.82, 2.24) is 10.2 Å². The van der Waals surface area contributed by atoms with Crippen LogP contribution in [0.1, 0.15) is 35.7 Å². The monoisotopic (exact) mass is 556 g/mol. The van der Waals surface area contributed by atoms with Gasteiger partial charge in [-0.2, -0.15) is 0 Å². The molecule has 214 valence electrons. The molecule has 3 aromatic carbocycles. The number of carbonyl (C=O) groups excluding carboxylic acids is 1. The Kier molecular flexibility index (Phi) is 10.7. The predicted molar refractivity (Wildman–Crippen MR) is 148 cm³/mol. The number of para-hydroxylation sites is 1. The van der Waals surface area contributed by atoms with Crippen LogP contribution < -0.4 is 19.5 Å². The molecule has 0 unspecified atom stereocenters. The van der Waals surface area contributed by atoms with E-state index in [0.29, 0.717) is 6.61 Å². The van der Waals surface area contributed by atoms with Crippen molar-refractivity contribution >= 4 is 5.91 Å². The first kappa shape index (κ1) is 29.3. The first-order valence-electron chi connectivity index (χ1n) is 13.6. The van der Waals surface area contributed by atoms with Crippen LogP contribution in [0.3, 0.4) is 0 Å². The largest absolute Gasteiger partial charge is 0.493 e. The fraction of sp³-hybridized carbons (Fsp3) is 0.387. The Morgan fingerprint density at radius 3 is 2.35 bits per heavy atom. The molecule has 0 aliphatic carbocycles. The van der Waals surface area contributed by atoms with Crippen molar-refractivity contribution in [3.63, 3.8) is 0 Å². The third-order valence-corrected chi connectivity index (χ3v) is 6.71. The Balaban J connectivity index is 1.36. The van der Waals surface area contributed by atoms with E-state index in [1.54, 1.807) is 30.3 Å². The van der Waals surface area contributed by atoms with Crippen molar-refractivity contribution in [2.75, 3.05) is 46.3 Å². The molecule has 1 N–H and O–H groups in total. The Hall–Kier alpha value is -3.72. The number of likely N-dealkylation sites (tertiary alicyclic amines) is 1. The highest BCUT2D eigenvalue weighted by Gasteiger charge is 2.24. The summed E-state index contributed by atoms with van der Waals surface area (Å²) in [4.78, 5) is 15.4. The number of piperidine rings is 1. The standard InChI is InChI=1S/C31H35F3N2O4/c1-2-38-29-20-22(6-11-26(29)23-7-9-24(34)10-8-23)21-36-16-12-25(13-17-36)35-31(37)27-4-3-5-28(39-18-14-32)30(27)40-19-15-33/h3-11,20,25H,2,12-19,21H2,1H3,(H,35,37). The maximum absolute atomic E-state index is 13.4. The molecular formula is C31H35F3N2O4. The number of hydrogen-bond acceptors (Lipinski definition) is 5. The van der Waals surface area contributed by atoms with E-state index < -0.39 is 13.3 Å². The third-order valence-electron chi connectivity index (χ3n) is 6.71. The molecule has 0 radical (unpaired) electrons. The Morgan fingerprint density at radius 2 is 1.65 bits per heavy atom. The van der Waals surface area contributed by atoms with Gasteiger partial charge in [-0.05, 0) is 61.2 Å². The van der Waals surface area contributed by atoms with Crippen molar-refractivity contribution in [2.45, 2.75) is 32.4 Å². The molecule has 1 amide bonds. The van der Waals surface area contributed by atoms with E-state index in [-0.39, 0.29) is 48.0 Å². The summed E-state index contributed by atoms with van der Waals surface area (Å²) in [6.45, 7) is 2.94. The number of amides is 1. The van der Waals surface area contributed by atoms with Crippen molar-refractivity contribution < 1.29 is 32.2 Å². The average molecular weight is 557 g/mol. The highest BCUT2D eigenvalue weighted by molar-refractivity contribution is 5.98. The lowest BCUT2D eigenvalue weighted by Gasteiger charge is -2.32. The van der Waals surface area contributed by atoms with Crippen molar-refractivity contribution in [3.8, 4) is 28.4 Å². The lowest BCUT2D eigenvalue weighted by Crippen LogP contribution is -2.44. The molecule has 1 saturated heterocycles. The van der Waals surface area contributed by atoms with Gasteiger partial charge in [0.05, 0.1) is 12.2 Å². The molecule has 0 aromatic heterocycles. The van der Waals surface area contributed by atoms with Gasteiger partial charge in [-0.25, -0.2) is 13.2 Å². The number of halogens is 3. The second-order valence-electron chi connectivity index (χ2n) is 9.50. The number of nitrogens with zero attached hydrogens (tertiary/aromatic N) is 1. The van der Waals surface area contributed by atoms with Gasteiger partial charge in [-0.15, -0.1) is 0 Å². The number of ether oxygens (including phenoxy) is 3. The summed E-state index contributed by atoms with van der Waals surface area (Å²) in [6, 6.07) is 17.2. The zero-order valence-corrected chi connectivity index (χ0v) is 22.6. The smallest absolute Gasteiger partial charge is 0.255 e. The second kappa shape index (κ2) is 14.6. The van der Waals surface area contributed by atoms with Gasteiger partial charge in [0.1, 0.15) is 38.1 Å². The summed E-state index contributed by atoms with van der Waals surface area (Å²) in [5, 5.41) is 3.06. The lowest BCUT2D eigenvalue weighted by molar-refractivity contribution is 0.0903. The molecule has 0 saturated carbocycles. The fourth-order valence-corrected chi connectivity index (χ4v) is 4.81. The summed E-state index contributed by atoms with van der Waals surface area (Å²) in [6.07, 6.45) is 1.52. The Labute approximate surface area is 233 Å². The van der Waals surface area contributed by atoms with Gasteiger partial charge in [0.25, 0.3) is 5.91 Å². The van der Waals surface area contributed by atoms with Crippen LogP contribution in [-0.2, 0) is 6.54 Å². The molecule has 9 heteroatoms. The van der Waals surface area contributed by atoms with Crippen molar-refractivity contribution in [2.24, 2.45) is 0 Å². The Morgan fingerprint density at radius 1 is 0.925 bits per heavy atom. The predicted octanol–water partition coefficient (Wildman–Crippen LogP) is 5.98. The fourth-order valence-electron chi connectivity index (χ4n) is 4.81. The number of rotatable bonds is 13. The van der Waals surface area contributed by atoms with Gasteiger partial charge in [0.2, 0.25) is 0 Å². The average Bonchev–Trinajstić information content (AvgIpc) is 2.97. The SMILES string of the molecule is CCOc1cc(CN2CCC(NC(=O)c3cccc(OCCF)c3OCCF)CC2)ccc1-c1ccc(F)cc1.